The summed E-state index contributed by atoms with van der Waals surface area (Å²) in [5, 5.41) is 32.8. The first-order valence-corrected chi connectivity index (χ1v) is 12.5. The summed E-state index contributed by atoms with van der Waals surface area (Å²) in [5.41, 5.74) is 2.87. The molecule has 0 aliphatic carbocycles. The van der Waals surface area contributed by atoms with Crippen LogP contribution in [0.5, 0.6) is 11.5 Å². The van der Waals surface area contributed by atoms with Gasteiger partial charge in [-0.1, -0.05) is 6.07 Å². The topological polar surface area (TPSA) is 164 Å². The van der Waals surface area contributed by atoms with Crippen LogP contribution >= 0.6 is 0 Å². The first-order valence-electron chi connectivity index (χ1n) is 12.5. The molecule has 13 nitrogen and oxygen atoms in total. The van der Waals surface area contributed by atoms with Crippen LogP contribution in [0.25, 0.3) is 11.1 Å². The van der Waals surface area contributed by atoms with E-state index < -0.39 is 0 Å². The van der Waals surface area contributed by atoms with Crippen LogP contribution in [0.4, 0.5) is 11.6 Å². The van der Waals surface area contributed by atoms with Crippen LogP contribution in [-0.4, -0.2) is 79.5 Å². The Labute approximate surface area is 231 Å². The summed E-state index contributed by atoms with van der Waals surface area (Å²) < 4.78 is 13.0. The van der Waals surface area contributed by atoms with Crippen molar-refractivity contribution in [2.24, 2.45) is 0 Å². The van der Waals surface area contributed by atoms with Crippen LogP contribution < -0.4 is 14.8 Å². The van der Waals surface area contributed by atoms with Crippen molar-refractivity contribution in [1.29, 1.82) is 5.26 Å². The molecule has 0 aliphatic rings. The highest BCUT2D eigenvalue weighted by Crippen LogP contribution is 2.30. The lowest BCUT2D eigenvalue weighted by atomic mass is 10.1. The van der Waals surface area contributed by atoms with E-state index >= 15 is 0 Å². The molecule has 0 radical (unpaired) electrons. The fourth-order valence-electron chi connectivity index (χ4n) is 3.90. The van der Waals surface area contributed by atoms with E-state index in [1.165, 1.54) is 13.4 Å². The Hall–Kier alpha value is -5.09. The van der Waals surface area contributed by atoms with Crippen molar-refractivity contribution in [2.45, 2.75) is 26.0 Å². The lowest BCUT2D eigenvalue weighted by molar-refractivity contribution is 0.0786. The summed E-state index contributed by atoms with van der Waals surface area (Å²) in [6, 6.07) is 12.5. The summed E-state index contributed by atoms with van der Waals surface area (Å²) in [4.78, 5) is 23.2. The van der Waals surface area contributed by atoms with E-state index in [0.29, 0.717) is 53.8 Å². The van der Waals surface area contributed by atoms with Gasteiger partial charge in [-0.2, -0.15) is 5.26 Å². The molecular weight excluding hydrogens is 514 g/mol. The molecule has 1 amide bonds. The molecule has 0 aliphatic heterocycles. The molecule has 0 saturated heterocycles. The monoisotopic (exact) mass is 543 g/mol. The second-order valence-electron chi connectivity index (χ2n) is 8.92. The van der Waals surface area contributed by atoms with Crippen molar-refractivity contribution in [3.63, 3.8) is 0 Å². The highest BCUT2D eigenvalue weighted by atomic mass is 16.5. The van der Waals surface area contributed by atoms with E-state index in [-0.39, 0.29) is 18.6 Å². The zero-order valence-corrected chi connectivity index (χ0v) is 22.4. The number of benzene rings is 2. The molecule has 0 spiro atoms. The van der Waals surface area contributed by atoms with Gasteiger partial charge in [0.15, 0.2) is 0 Å². The molecular formula is C27H29N9O4. The van der Waals surface area contributed by atoms with Gasteiger partial charge in [0.25, 0.3) is 5.91 Å². The minimum atomic E-state index is -0.291. The Morgan fingerprint density at radius 3 is 2.65 bits per heavy atom. The molecule has 2 N–H and O–H groups in total. The summed E-state index contributed by atoms with van der Waals surface area (Å²) >= 11 is 0. The second-order valence-corrected chi connectivity index (χ2v) is 8.92. The maximum Gasteiger partial charge on any atom is 0.253 e. The van der Waals surface area contributed by atoms with Crippen molar-refractivity contribution in [3.05, 3.63) is 66.2 Å². The van der Waals surface area contributed by atoms with Gasteiger partial charge in [-0.05, 0) is 59.7 Å². The largest absolute Gasteiger partial charge is 0.495 e. The summed E-state index contributed by atoms with van der Waals surface area (Å²) in [6.07, 6.45) is 5.00. The number of aliphatic hydroxyl groups excluding tert-OH is 1. The average molecular weight is 544 g/mol. The van der Waals surface area contributed by atoms with Gasteiger partial charge in [0.1, 0.15) is 30.0 Å². The highest BCUT2D eigenvalue weighted by Gasteiger charge is 2.16. The Balaban J connectivity index is 1.50. The number of rotatable bonds is 12. The van der Waals surface area contributed by atoms with Crippen LogP contribution in [0.2, 0.25) is 0 Å². The van der Waals surface area contributed by atoms with Crippen LogP contribution in [0.1, 0.15) is 29.3 Å². The predicted molar refractivity (Wildman–Crippen MR) is 145 cm³/mol. The maximum atomic E-state index is 12.8. The van der Waals surface area contributed by atoms with Gasteiger partial charge in [0, 0.05) is 43.7 Å². The molecule has 2 aromatic carbocycles. The second kappa shape index (κ2) is 13.1. The summed E-state index contributed by atoms with van der Waals surface area (Å²) in [7, 11) is 3.22. The number of anilines is 2. The number of carbonyl (C=O) groups is 1. The van der Waals surface area contributed by atoms with Gasteiger partial charge < -0.3 is 24.8 Å². The molecule has 4 rings (SSSR count). The van der Waals surface area contributed by atoms with Crippen molar-refractivity contribution in [1.82, 2.24) is 35.1 Å². The van der Waals surface area contributed by atoms with Gasteiger partial charge in [-0.3, -0.25) is 4.79 Å². The quantitative estimate of drug-likeness (QED) is 0.270. The molecule has 2 heterocycles. The minimum absolute atomic E-state index is 0.0121. The van der Waals surface area contributed by atoms with Gasteiger partial charge in [-0.25, -0.2) is 14.6 Å². The van der Waals surface area contributed by atoms with Crippen molar-refractivity contribution in [2.75, 3.05) is 32.6 Å². The fraction of sp³-hybridized carbons (Fsp3) is 0.296. The molecule has 0 bridgehead atoms. The number of amides is 1. The normalized spacial score (nSPS) is 11.4. The Bertz CT molecular complexity index is 1470. The number of ether oxygens (including phenoxy) is 2. The summed E-state index contributed by atoms with van der Waals surface area (Å²) in [5.74, 6) is 1.08. The van der Waals surface area contributed by atoms with Gasteiger partial charge in [-0.15, -0.1) is 5.10 Å². The van der Waals surface area contributed by atoms with E-state index in [2.05, 4.69) is 36.9 Å². The molecule has 13 heteroatoms. The number of methoxy groups -OCH3 is 1. The summed E-state index contributed by atoms with van der Waals surface area (Å²) in [6.45, 7) is 2.73. The molecule has 1 atom stereocenters. The van der Waals surface area contributed by atoms with E-state index in [0.717, 1.165) is 11.1 Å². The third-order valence-electron chi connectivity index (χ3n) is 5.94. The number of hydrogen-bond acceptors (Lipinski definition) is 11. The number of carbonyl (C=O) groups excluding carboxylic acids is 1. The van der Waals surface area contributed by atoms with Crippen LogP contribution in [0.15, 0.2) is 55.1 Å². The fourth-order valence-corrected chi connectivity index (χ4v) is 3.90. The number of nitrogens with zero attached hydrogens (tertiary/aromatic N) is 8. The van der Waals surface area contributed by atoms with E-state index in [1.54, 1.807) is 65.4 Å². The standard InChI is InChI=1S/C27H29N9O4/c1-18(16-36-17-31-33-34-36)40-25-12-19(5-6-21(25)13-28)22-14-29-27(30-15-22)32-23-11-20(7-8-24(23)39-3)26(38)35(2)9-4-10-37/h5-8,11-12,14-15,17-18,37H,4,9-10,16H2,1-3H3,(H,29,30,32). The number of nitrogens with one attached hydrogen (secondary N) is 1. The van der Waals surface area contributed by atoms with E-state index in [4.69, 9.17) is 14.6 Å². The lowest BCUT2D eigenvalue weighted by Crippen LogP contribution is -2.28. The van der Waals surface area contributed by atoms with Crippen molar-refractivity contribution in [3.8, 4) is 28.7 Å². The maximum absolute atomic E-state index is 12.8. The zero-order valence-electron chi connectivity index (χ0n) is 22.4. The number of nitriles is 1. The molecule has 0 fully saturated rings. The molecule has 40 heavy (non-hydrogen) atoms. The number of aliphatic hydroxyl groups is 1. The zero-order chi connectivity index (χ0) is 28.5. The average Bonchev–Trinajstić information content (AvgIpc) is 3.48. The molecule has 206 valence electrons. The van der Waals surface area contributed by atoms with Crippen molar-refractivity contribution >= 4 is 17.5 Å². The predicted octanol–water partition coefficient (Wildman–Crippen LogP) is 2.68. The molecule has 1 unspecified atom stereocenters. The van der Waals surface area contributed by atoms with E-state index in [9.17, 15) is 10.1 Å². The first kappa shape index (κ1) is 27.9. The van der Waals surface area contributed by atoms with Gasteiger partial charge in [0.2, 0.25) is 5.95 Å². The Morgan fingerprint density at radius 2 is 1.98 bits per heavy atom. The van der Waals surface area contributed by atoms with Gasteiger partial charge in [0.05, 0.1) is 24.9 Å². The number of aromatic nitrogens is 6. The van der Waals surface area contributed by atoms with E-state index in [1.807, 2.05) is 6.92 Å². The molecule has 4 aromatic rings. The first-order chi connectivity index (χ1) is 19.4. The Kier molecular flexibility index (Phi) is 9.16. The lowest BCUT2D eigenvalue weighted by Gasteiger charge is -2.18. The number of hydrogen-bond donors (Lipinski definition) is 2. The third-order valence-corrected chi connectivity index (χ3v) is 5.94. The van der Waals surface area contributed by atoms with Gasteiger partial charge >= 0.3 is 0 Å². The SMILES string of the molecule is COc1ccc(C(=O)N(C)CCCO)cc1Nc1ncc(-c2ccc(C#N)c(OC(C)Cn3cnnn3)c2)cn1. The van der Waals surface area contributed by atoms with Crippen LogP contribution in [0.3, 0.4) is 0 Å². The Morgan fingerprint density at radius 1 is 1.18 bits per heavy atom. The number of tetrazole rings is 1. The molecule has 0 saturated carbocycles. The molecule has 2 aromatic heterocycles. The van der Waals surface area contributed by atoms with Crippen molar-refractivity contribution < 1.29 is 19.4 Å². The third kappa shape index (κ3) is 6.86. The van der Waals surface area contributed by atoms with Crippen LogP contribution in [-0.2, 0) is 6.54 Å². The minimum Gasteiger partial charge on any atom is -0.495 e. The van der Waals surface area contributed by atoms with Crippen LogP contribution in [0, 0.1) is 11.3 Å². The smallest absolute Gasteiger partial charge is 0.253 e. The highest BCUT2D eigenvalue weighted by molar-refractivity contribution is 5.95.